The molecule has 1 aliphatic heterocycles. The Morgan fingerprint density at radius 1 is 1.39 bits per heavy atom. The van der Waals surface area contributed by atoms with Crippen molar-refractivity contribution in [3.63, 3.8) is 0 Å². The van der Waals surface area contributed by atoms with Crippen molar-refractivity contribution in [1.82, 2.24) is 19.8 Å². The zero-order valence-electron chi connectivity index (χ0n) is 10.9. The van der Waals surface area contributed by atoms with Gasteiger partial charge in [0, 0.05) is 45.1 Å². The van der Waals surface area contributed by atoms with Crippen molar-refractivity contribution in [2.24, 2.45) is 0 Å². The molecular weight excluding hydrogens is 230 g/mol. The average molecular weight is 251 g/mol. The van der Waals surface area contributed by atoms with Crippen LogP contribution < -0.4 is 10.9 Å². The Labute approximate surface area is 107 Å². The lowest BCUT2D eigenvalue weighted by atomic mass is 10.3. The van der Waals surface area contributed by atoms with E-state index in [4.69, 9.17) is 0 Å². The van der Waals surface area contributed by atoms with Gasteiger partial charge in [-0.2, -0.15) is 0 Å². The van der Waals surface area contributed by atoms with E-state index in [9.17, 15) is 4.79 Å². The van der Waals surface area contributed by atoms with Crippen molar-refractivity contribution < 1.29 is 0 Å². The number of hydrogen-bond acceptors (Lipinski definition) is 5. The number of rotatable bonds is 5. The van der Waals surface area contributed by atoms with Crippen LogP contribution in [0.1, 0.15) is 6.42 Å². The molecule has 0 saturated carbocycles. The molecule has 6 nitrogen and oxygen atoms in total. The first-order valence-corrected chi connectivity index (χ1v) is 6.44. The minimum atomic E-state index is -0.155. The Hall–Kier alpha value is -1.40. The van der Waals surface area contributed by atoms with Gasteiger partial charge in [0.2, 0.25) is 0 Å². The minimum Gasteiger partial charge on any atom is -0.365 e. The van der Waals surface area contributed by atoms with Crippen molar-refractivity contribution in [3.05, 3.63) is 22.7 Å². The molecule has 1 aliphatic rings. The monoisotopic (exact) mass is 251 g/mol. The van der Waals surface area contributed by atoms with Gasteiger partial charge in [-0.15, -0.1) is 0 Å². The Bertz CT molecular complexity index is 411. The average Bonchev–Trinajstić information content (AvgIpc) is 2.39. The summed E-state index contributed by atoms with van der Waals surface area (Å²) >= 11 is 0. The Balaban J connectivity index is 1.64. The van der Waals surface area contributed by atoms with Crippen molar-refractivity contribution in [2.45, 2.75) is 6.42 Å². The Kier molecular flexibility index (Phi) is 4.72. The van der Waals surface area contributed by atoms with Crippen LogP contribution in [-0.2, 0) is 0 Å². The van der Waals surface area contributed by atoms with Crippen molar-refractivity contribution in [2.75, 3.05) is 51.6 Å². The molecule has 0 radical (unpaired) electrons. The van der Waals surface area contributed by atoms with Gasteiger partial charge in [-0.25, -0.2) is 4.98 Å². The Morgan fingerprint density at radius 3 is 2.89 bits per heavy atom. The lowest BCUT2D eigenvalue weighted by Gasteiger charge is -2.32. The van der Waals surface area contributed by atoms with Gasteiger partial charge in [-0.05, 0) is 20.0 Å². The standard InChI is InChI=1S/C12H21N5O/c1-16-7-9-17(10-8-16)6-2-3-13-11-12(18)15-5-4-14-11/h4-5H,2-3,6-10H2,1H3,(H,13,14)(H,15,18). The van der Waals surface area contributed by atoms with Crippen LogP contribution >= 0.6 is 0 Å². The number of hydrogen-bond donors (Lipinski definition) is 2. The van der Waals surface area contributed by atoms with Crippen molar-refractivity contribution in [3.8, 4) is 0 Å². The number of likely N-dealkylation sites (N-methyl/N-ethyl adjacent to an activating group) is 1. The summed E-state index contributed by atoms with van der Waals surface area (Å²) in [6.07, 6.45) is 4.15. The molecule has 100 valence electrons. The first-order valence-electron chi connectivity index (χ1n) is 6.44. The van der Waals surface area contributed by atoms with Gasteiger partial charge in [0.05, 0.1) is 0 Å². The fourth-order valence-electron chi connectivity index (χ4n) is 2.06. The third-order valence-electron chi connectivity index (χ3n) is 3.25. The van der Waals surface area contributed by atoms with E-state index >= 15 is 0 Å². The molecular formula is C12H21N5O. The fourth-order valence-corrected chi connectivity index (χ4v) is 2.06. The van der Waals surface area contributed by atoms with E-state index in [1.807, 2.05) is 0 Å². The minimum absolute atomic E-state index is 0.155. The molecule has 6 heteroatoms. The molecule has 0 amide bonds. The zero-order valence-corrected chi connectivity index (χ0v) is 10.9. The van der Waals surface area contributed by atoms with E-state index in [1.54, 1.807) is 6.20 Å². The van der Waals surface area contributed by atoms with Crippen LogP contribution in [0.4, 0.5) is 5.82 Å². The van der Waals surface area contributed by atoms with Crippen LogP contribution in [0.15, 0.2) is 17.2 Å². The largest absolute Gasteiger partial charge is 0.365 e. The number of nitrogens with one attached hydrogen (secondary N) is 2. The normalized spacial score (nSPS) is 17.8. The molecule has 2 rings (SSSR count). The number of nitrogens with zero attached hydrogens (tertiary/aromatic N) is 3. The number of H-pyrrole nitrogens is 1. The Morgan fingerprint density at radius 2 is 2.17 bits per heavy atom. The molecule has 0 unspecified atom stereocenters. The number of aromatic amines is 1. The summed E-state index contributed by atoms with van der Waals surface area (Å²) in [6, 6.07) is 0. The molecule has 1 saturated heterocycles. The fraction of sp³-hybridized carbons (Fsp3) is 0.667. The van der Waals surface area contributed by atoms with E-state index in [1.165, 1.54) is 6.20 Å². The second-order valence-electron chi connectivity index (χ2n) is 4.69. The van der Waals surface area contributed by atoms with E-state index < -0.39 is 0 Å². The topological polar surface area (TPSA) is 64.3 Å². The summed E-state index contributed by atoms with van der Waals surface area (Å²) in [5, 5.41) is 3.07. The molecule has 0 spiro atoms. The van der Waals surface area contributed by atoms with Gasteiger partial charge in [0.1, 0.15) is 0 Å². The van der Waals surface area contributed by atoms with Gasteiger partial charge >= 0.3 is 0 Å². The second-order valence-corrected chi connectivity index (χ2v) is 4.69. The van der Waals surface area contributed by atoms with Crippen molar-refractivity contribution >= 4 is 5.82 Å². The SMILES string of the molecule is CN1CCN(CCCNc2ncc[nH]c2=O)CC1. The molecule has 0 aromatic carbocycles. The third-order valence-corrected chi connectivity index (χ3v) is 3.25. The molecule has 2 N–H and O–H groups in total. The molecule has 1 aromatic rings. The van der Waals surface area contributed by atoms with E-state index in [0.717, 1.165) is 45.7 Å². The maximum absolute atomic E-state index is 11.4. The van der Waals surface area contributed by atoms with Crippen molar-refractivity contribution in [1.29, 1.82) is 0 Å². The lowest BCUT2D eigenvalue weighted by Crippen LogP contribution is -2.44. The summed E-state index contributed by atoms with van der Waals surface area (Å²) in [5.74, 6) is 0.413. The third kappa shape index (κ3) is 3.82. The molecule has 2 heterocycles. The molecule has 1 aromatic heterocycles. The van der Waals surface area contributed by atoms with Gasteiger partial charge < -0.3 is 20.1 Å². The molecule has 0 atom stereocenters. The predicted molar refractivity (Wildman–Crippen MR) is 71.9 cm³/mol. The highest BCUT2D eigenvalue weighted by atomic mass is 16.1. The first kappa shape index (κ1) is 13.0. The molecule has 0 bridgehead atoms. The number of piperazine rings is 1. The van der Waals surface area contributed by atoms with Gasteiger partial charge in [0.15, 0.2) is 5.82 Å². The zero-order chi connectivity index (χ0) is 12.8. The summed E-state index contributed by atoms with van der Waals surface area (Å²) in [4.78, 5) is 22.8. The van der Waals surface area contributed by atoms with E-state index in [0.29, 0.717) is 5.82 Å². The van der Waals surface area contributed by atoms with Crippen LogP contribution in [0, 0.1) is 0 Å². The maximum atomic E-state index is 11.4. The molecule has 0 aliphatic carbocycles. The summed E-state index contributed by atoms with van der Waals surface area (Å²) in [6.45, 7) is 6.43. The van der Waals surface area contributed by atoms with Crippen LogP contribution in [-0.4, -0.2) is 66.1 Å². The lowest BCUT2D eigenvalue weighted by molar-refractivity contribution is 0.154. The predicted octanol–water partition coefficient (Wildman–Crippen LogP) is -0.181. The highest BCUT2D eigenvalue weighted by molar-refractivity contribution is 5.29. The summed E-state index contributed by atoms with van der Waals surface area (Å²) < 4.78 is 0. The van der Waals surface area contributed by atoms with Crippen LogP contribution in [0.25, 0.3) is 0 Å². The second kappa shape index (κ2) is 6.51. The van der Waals surface area contributed by atoms with Crippen LogP contribution in [0.5, 0.6) is 0 Å². The molecule has 1 fully saturated rings. The van der Waals surface area contributed by atoms with Crippen LogP contribution in [0.2, 0.25) is 0 Å². The van der Waals surface area contributed by atoms with Gasteiger partial charge in [-0.1, -0.05) is 0 Å². The highest BCUT2D eigenvalue weighted by Crippen LogP contribution is 2.00. The van der Waals surface area contributed by atoms with Gasteiger partial charge in [-0.3, -0.25) is 4.79 Å². The summed E-state index contributed by atoms with van der Waals surface area (Å²) in [5.41, 5.74) is -0.155. The van der Waals surface area contributed by atoms with E-state index in [2.05, 4.69) is 32.1 Å². The summed E-state index contributed by atoms with van der Waals surface area (Å²) in [7, 11) is 2.16. The van der Waals surface area contributed by atoms with E-state index in [-0.39, 0.29) is 5.56 Å². The van der Waals surface area contributed by atoms with Crippen LogP contribution in [0.3, 0.4) is 0 Å². The highest BCUT2D eigenvalue weighted by Gasteiger charge is 2.12. The number of anilines is 1. The quantitative estimate of drug-likeness (QED) is 0.711. The smallest absolute Gasteiger partial charge is 0.290 e. The maximum Gasteiger partial charge on any atom is 0.290 e. The van der Waals surface area contributed by atoms with Gasteiger partial charge in [0.25, 0.3) is 5.56 Å². The number of aromatic nitrogens is 2. The first-order chi connectivity index (χ1) is 8.75. The molecule has 18 heavy (non-hydrogen) atoms.